The van der Waals surface area contributed by atoms with Crippen molar-refractivity contribution in [1.29, 1.82) is 0 Å². The average Bonchev–Trinajstić information content (AvgIpc) is 2.75. The fraction of sp³-hybridized carbons (Fsp3) is 0.833. The van der Waals surface area contributed by atoms with Crippen molar-refractivity contribution in [3.8, 4) is 0 Å². The summed E-state index contributed by atoms with van der Waals surface area (Å²) in [6.07, 6.45) is 1.18. The summed E-state index contributed by atoms with van der Waals surface area (Å²) in [5, 5.41) is 11.7. The SMILES string of the molecule is CNC1CCN(c2nnns2)C1. The predicted molar refractivity (Wildman–Crippen MR) is 47.4 cm³/mol. The lowest BCUT2D eigenvalue weighted by Gasteiger charge is -2.12. The van der Waals surface area contributed by atoms with E-state index in [4.69, 9.17) is 0 Å². The Labute approximate surface area is 74.9 Å². The molecule has 1 fully saturated rings. The first-order valence-electron chi connectivity index (χ1n) is 3.97. The first-order chi connectivity index (χ1) is 5.90. The van der Waals surface area contributed by atoms with Gasteiger partial charge in [-0.1, -0.05) is 9.59 Å². The number of nitrogens with zero attached hydrogens (tertiary/aromatic N) is 4. The van der Waals surface area contributed by atoms with Crippen LogP contribution in [0.2, 0.25) is 0 Å². The van der Waals surface area contributed by atoms with Gasteiger partial charge < -0.3 is 10.2 Å². The van der Waals surface area contributed by atoms with Gasteiger partial charge in [0.2, 0.25) is 5.13 Å². The van der Waals surface area contributed by atoms with Crippen molar-refractivity contribution < 1.29 is 0 Å². The summed E-state index contributed by atoms with van der Waals surface area (Å²) in [6, 6.07) is 0.592. The van der Waals surface area contributed by atoms with Gasteiger partial charge in [-0.3, -0.25) is 0 Å². The summed E-state index contributed by atoms with van der Waals surface area (Å²) in [7, 11) is 1.99. The Bertz CT molecular complexity index is 236. The molecule has 1 aromatic heterocycles. The summed E-state index contributed by atoms with van der Waals surface area (Å²) in [6.45, 7) is 2.08. The highest BCUT2D eigenvalue weighted by Crippen LogP contribution is 2.19. The molecule has 0 radical (unpaired) electrons. The Balaban J connectivity index is 2.00. The zero-order valence-electron chi connectivity index (χ0n) is 6.90. The van der Waals surface area contributed by atoms with E-state index in [2.05, 4.69) is 25.0 Å². The second-order valence-electron chi connectivity index (χ2n) is 2.87. The monoisotopic (exact) mass is 185 g/mol. The highest BCUT2D eigenvalue weighted by Gasteiger charge is 2.23. The lowest BCUT2D eigenvalue weighted by molar-refractivity contribution is 0.616. The molecule has 1 unspecified atom stereocenters. The zero-order chi connectivity index (χ0) is 8.39. The molecule has 1 aromatic rings. The molecule has 1 aliphatic heterocycles. The van der Waals surface area contributed by atoms with Crippen molar-refractivity contribution in [2.24, 2.45) is 0 Å². The van der Waals surface area contributed by atoms with Crippen molar-refractivity contribution >= 4 is 16.7 Å². The molecule has 0 bridgehead atoms. The van der Waals surface area contributed by atoms with Crippen molar-refractivity contribution in [3.05, 3.63) is 0 Å². The van der Waals surface area contributed by atoms with Crippen LogP contribution in [-0.2, 0) is 0 Å². The van der Waals surface area contributed by atoms with Gasteiger partial charge in [-0.25, -0.2) is 0 Å². The Morgan fingerprint density at radius 1 is 1.67 bits per heavy atom. The van der Waals surface area contributed by atoms with Gasteiger partial charge in [0, 0.05) is 30.7 Å². The molecule has 1 saturated heterocycles. The predicted octanol–water partition coefficient (Wildman–Crippen LogP) is -0.269. The lowest BCUT2D eigenvalue weighted by Crippen LogP contribution is -2.29. The zero-order valence-corrected chi connectivity index (χ0v) is 7.71. The van der Waals surface area contributed by atoms with Crippen LogP contribution in [0.5, 0.6) is 0 Å². The number of anilines is 1. The largest absolute Gasteiger partial charge is 0.344 e. The molecule has 0 saturated carbocycles. The maximum atomic E-state index is 3.92. The highest BCUT2D eigenvalue weighted by molar-refractivity contribution is 7.09. The molecular formula is C6H11N5S. The number of rotatable bonds is 2. The quantitative estimate of drug-likeness (QED) is 0.687. The minimum Gasteiger partial charge on any atom is -0.344 e. The molecule has 2 rings (SSSR count). The first-order valence-corrected chi connectivity index (χ1v) is 4.74. The van der Waals surface area contributed by atoms with Crippen LogP contribution in [0.3, 0.4) is 0 Å². The van der Waals surface area contributed by atoms with E-state index in [1.54, 1.807) is 0 Å². The van der Waals surface area contributed by atoms with Gasteiger partial charge in [-0.05, 0) is 18.7 Å². The van der Waals surface area contributed by atoms with E-state index < -0.39 is 0 Å². The van der Waals surface area contributed by atoms with E-state index in [-0.39, 0.29) is 0 Å². The molecule has 5 nitrogen and oxygen atoms in total. The molecule has 0 aliphatic carbocycles. The average molecular weight is 185 g/mol. The molecule has 1 aliphatic rings. The second-order valence-corrected chi connectivity index (χ2v) is 3.58. The minimum absolute atomic E-state index is 0.592. The topological polar surface area (TPSA) is 53.9 Å². The van der Waals surface area contributed by atoms with Crippen LogP contribution in [0.25, 0.3) is 0 Å². The summed E-state index contributed by atoms with van der Waals surface area (Å²) in [4.78, 5) is 2.21. The van der Waals surface area contributed by atoms with E-state index in [1.807, 2.05) is 7.05 Å². The number of nitrogens with one attached hydrogen (secondary N) is 1. The minimum atomic E-state index is 0.592. The van der Waals surface area contributed by atoms with Crippen LogP contribution in [0.4, 0.5) is 5.13 Å². The summed E-state index contributed by atoms with van der Waals surface area (Å²) in [5.41, 5.74) is 0. The van der Waals surface area contributed by atoms with Crippen LogP contribution in [-0.4, -0.2) is 41.0 Å². The van der Waals surface area contributed by atoms with Crippen LogP contribution in [0.1, 0.15) is 6.42 Å². The van der Waals surface area contributed by atoms with Gasteiger partial charge in [-0.15, -0.1) is 0 Å². The molecule has 1 atom stereocenters. The van der Waals surface area contributed by atoms with E-state index in [1.165, 1.54) is 18.0 Å². The maximum absolute atomic E-state index is 3.92. The fourth-order valence-corrected chi connectivity index (χ4v) is 1.92. The Morgan fingerprint density at radius 2 is 2.58 bits per heavy atom. The standard InChI is InChI=1S/C6H11N5S/c1-7-5-2-3-11(4-5)6-8-9-10-12-6/h5,7H,2-4H2,1H3. The second kappa shape index (κ2) is 3.32. The van der Waals surface area contributed by atoms with Crippen LogP contribution >= 0.6 is 11.5 Å². The van der Waals surface area contributed by atoms with E-state index in [9.17, 15) is 0 Å². The molecule has 0 spiro atoms. The van der Waals surface area contributed by atoms with Crippen molar-refractivity contribution in [2.45, 2.75) is 12.5 Å². The third kappa shape index (κ3) is 1.39. The smallest absolute Gasteiger partial charge is 0.227 e. The number of hydrogen-bond donors (Lipinski definition) is 1. The molecule has 0 amide bonds. The van der Waals surface area contributed by atoms with Gasteiger partial charge >= 0.3 is 0 Å². The molecule has 66 valence electrons. The molecule has 0 aromatic carbocycles. The van der Waals surface area contributed by atoms with Gasteiger partial charge in [0.05, 0.1) is 0 Å². The Kier molecular flexibility index (Phi) is 2.18. The molecule has 12 heavy (non-hydrogen) atoms. The molecule has 2 heterocycles. The van der Waals surface area contributed by atoms with E-state index in [0.717, 1.165) is 18.2 Å². The van der Waals surface area contributed by atoms with Crippen LogP contribution in [0, 0.1) is 0 Å². The Hall–Kier alpha value is -0.750. The van der Waals surface area contributed by atoms with Crippen molar-refractivity contribution in [3.63, 3.8) is 0 Å². The van der Waals surface area contributed by atoms with Gasteiger partial charge in [0.25, 0.3) is 0 Å². The number of likely N-dealkylation sites (N-methyl/N-ethyl adjacent to an activating group) is 1. The fourth-order valence-electron chi connectivity index (χ4n) is 1.42. The summed E-state index contributed by atoms with van der Waals surface area (Å²) >= 11 is 1.36. The third-order valence-electron chi connectivity index (χ3n) is 2.16. The van der Waals surface area contributed by atoms with Crippen LogP contribution < -0.4 is 10.2 Å². The number of aromatic nitrogens is 3. The molecular weight excluding hydrogens is 174 g/mol. The van der Waals surface area contributed by atoms with Gasteiger partial charge in [0.15, 0.2) is 0 Å². The Morgan fingerprint density at radius 3 is 3.17 bits per heavy atom. The van der Waals surface area contributed by atoms with Crippen LogP contribution in [0.15, 0.2) is 0 Å². The normalized spacial score (nSPS) is 23.4. The summed E-state index contributed by atoms with van der Waals surface area (Å²) < 4.78 is 3.74. The number of hydrogen-bond acceptors (Lipinski definition) is 6. The van der Waals surface area contributed by atoms with Crippen molar-refractivity contribution in [1.82, 2.24) is 20.1 Å². The van der Waals surface area contributed by atoms with Gasteiger partial charge in [-0.2, -0.15) is 0 Å². The van der Waals surface area contributed by atoms with Crippen molar-refractivity contribution in [2.75, 3.05) is 25.0 Å². The van der Waals surface area contributed by atoms with E-state index >= 15 is 0 Å². The van der Waals surface area contributed by atoms with Gasteiger partial charge in [0.1, 0.15) is 0 Å². The molecule has 1 N–H and O–H groups in total. The van der Waals surface area contributed by atoms with E-state index in [0.29, 0.717) is 6.04 Å². The first kappa shape index (κ1) is 7.88. The summed E-state index contributed by atoms with van der Waals surface area (Å²) in [5.74, 6) is 0. The maximum Gasteiger partial charge on any atom is 0.227 e. The third-order valence-corrected chi connectivity index (χ3v) is 2.81. The highest BCUT2D eigenvalue weighted by atomic mass is 32.1. The molecule has 6 heteroatoms. The lowest BCUT2D eigenvalue weighted by atomic mass is 10.3.